The van der Waals surface area contributed by atoms with E-state index >= 15 is 0 Å². The summed E-state index contributed by atoms with van der Waals surface area (Å²) in [6.45, 7) is 4.26. The average Bonchev–Trinajstić information content (AvgIpc) is 2.89. The van der Waals surface area contributed by atoms with Crippen LogP contribution in [0.4, 0.5) is 4.39 Å². The van der Waals surface area contributed by atoms with Crippen LogP contribution in [0.1, 0.15) is 27.3 Å². The molecule has 0 radical (unpaired) electrons. The van der Waals surface area contributed by atoms with Crippen molar-refractivity contribution in [2.45, 2.75) is 20.4 Å². The first-order valence-corrected chi connectivity index (χ1v) is 7.68. The first kappa shape index (κ1) is 15.9. The summed E-state index contributed by atoms with van der Waals surface area (Å²) in [7, 11) is 0. The highest BCUT2D eigenvalue weighted by Gasteiger charge is 2.16. The Bertz CT molecular complexity index is 854. The van der Waals surface area contributed by atoms with E-state index in [2.05, 4.69) is 10.3 Å². The highest BCUT2D eigenvalue weighted by molar-refractivity contribution is 5.95. The van der Waals surface area contributed by atoms with Gasteiger partial charge in [0.1, 0.15) is 5.82 Å². The molecule has 0 saturated heterocycles. The summed E-state index contributed by atoms with van der Waals surface area (Å²) in [5.41, 5.74) is 4.19. The zero-order valence-electron chi connectivity index (χ0n) is 13.6. The van der Waals surface area contributed by atoms with Gasteiger partial charge >= 0.3 is 0 Å². The Hall–Kier alpha value is -2.95. The maximum Gasteiger partial charge on any atom is 0.253 e. The number of nitrogens with zero attached hydrogens (tertiary/aromatic N) is 2. The Labute approximate surface area is 140 Å². The highest BCUT2D eigenvalue weighted by Crippen LogP contribution is 2.21. The van der Waals surface area contributed by atoms with Gasteiger partial charge in [0, 0.05) is 36.0 Å². The minimum Gasteiger partial charge on any atom is -0.348 e. The van der Waals surface area contributed by atoms with Crippen molar-refractivity contribution in [1.29, 1.82) is 0 Å². The fourth-order valence-electron chi connectivity index (χ4n) is 2.76. The third-order valence-electron chi connectivity index (χ3n) is 3.96. The van der Waals surface area contributed by atoms with Gasteiger partial charge < -0.3 is 9.88 Å². The van der Waals surface area contributed by atoms with Crippen LogP contribution in [0.25, 0.3) is 5.69 Å². The molecule has 3 rings (SSSR count). The van der Waals surface area contributed by atoms with Gasteiger partial charge in [-0.15, -0.1) is 0 Å². The molecule has 0 aliphatic carbocycles. The lowest BCUT2D eigenvalue weighted by Crippen LogP contribution is -2.23. The number of pyridine rings is 1. The molecule has 5 heteroatoms. The first-order chi connectivity index (χ1) is 11.6. The van der Waals surface area contributed by atoms with Gasteiger partial charge in [-0.3, -0.25) is 9.78 Å². The van der Waals surface area contributed by atoms with Crippen molar-refractivity contribution in [1.82, 2.24) is 14.9 Å². The standard InChI is InChI=1S/C19H18FN3O/c1-13-11-18(19(24)22-12-15-7-9-21-10-8-15)14(2)23(13)17-5-3-16(20)4-6-17/h3-11H,12H2,1-2H3,(H,22,24). The molecule has 0 bridgehead atoms. The molecule has 0 aliphatic heterocycles. The number of rotatable bonds is 4. The van der Waals surface area contributed by atoms with Crippen molar-refractivity contribution >= 4 is 5.91 Å². The molecule has 2 heterocycles. The van der Waals surface area contributed by atoms with E-state index < -0.39 is 0 Å². The van der Waals surface area contributed by atoms with Crippen LogP contribution in [-0.2, 0) is 6.54 Å². The maximum absolute atomic E-state index is 13.1. The summed E-state index contributed by atoms with van der Waals surface area (Å²) in [6.07, 6.45) is 3.39. The van der Waals surface area contributed by atoms with Crippen molar-refractivity contribution in [2.75, 3.05) is 0 Å². The molecular weight excluding hydrogens is 305 g/mol. The number of carbonyl (C=O) groups excluding carboxylic acids is 1. The third kappa shape index (κ3) is 3.20. The number of nitrogens with one attached hydrogen (secondary N) is 1. The molecule has 0 aliphatic rings. The van der Waals surface area contributed by atoms with E-state index in [9.17, 15) is 9.18 Å². The van der Waals surface area contributed by atoms with E-state index in [1.54, 1.807) is 24.5 Å². The van der Waals surface area contributed by atoms with Gasteiger partial charge in [0.15, 0.2) is 0 Å². The average molecular weight is 323 g/mol. The van der Waals surface area contributed by atoms with Crippen LogP contribution in [0.3, 0.4) is 0 Å². The van der Waals surface area contributed by atoms with Crippen molar-refractivity contribution in [3.63, 3.8) is 0 Å². The van der Waals surface area contributed by atoms with Gasteiger partial charge in [0.25, 0.3) is 5.91 Å². The molecule has 1 amide bonds. The van der Waals surface area contributed by atoms with Crippen molar-refractivity contribution in [3.8, 4) is 5.69 Å². The molecule has 0 unspecified atom stereocenters. The van der Waals surface area contributed by atoms with Crippen molar-refractivity contribution in [3.05, 3.63) is 83.2 Å². The number of hydrogen-bond acceptors (Lipinski definition) is 2. The molecule has 4 nitrogen and oxygen atoms in total. The summed E-state index contributed by atoms with van der Waals surface area (Å²) in [4.78, 5) is 16.4. The Kier molecular flexibility index (Phi) is 4.42. The molecule has 24 heavy (non-hydrogen) atoms. The van der Waals surface area contributed by atoms with Gasteiger partial charge in [0.2, 0.25) is 0 Å². The summed E-state index contributed by atoms with van der Waals surface area (Å²) in [5.74, 6) is -0.412. The maximum atomic E-state index is 13.1. The number of aryl methyl sites for hydroxylation is 1. The predicted octanol–water partition coefficient (Wildman–Crippen LogP) is 3.56. The van der Waals surface area contributed by atoms with Crippen LogP contribution in [0.2, 0.25) is 0 Å². The van der Waals surface area contributed by atoms with Gasteiger partial charge in [0.05, 0.1) is 5.56 Å². The monoisotopic (exact) mass is 323 g/mol. The number of hydrogen-bond donors (Lipinski definition) is 1. The van der Waals surface area contributed by atoms with E-state index in [-0.39, 0.29) is 11.7 Å². The van der Waals surface area contributed by atoms with Gasteiger partial charge in [-0.05, 0) is 61.9 Å². The molecule has 2 aromatic heterocycles. The Morgan fingerprint density at radius 2 is 1.79 bits per heavy atom. The summed E-state index contributed by atoms with van der Waals surface area (Å²) >= 11 is 0. The van der Waals surface area contributed by atoms with Crippen LogP contribution < -0.4 is 5.32 Å². The van der Waals surface area contributed by atoms with E-state index in [4.69, 9.17) is 0 Å². The van der Waals surface area contributed by atoms with Crippen LogP contribution in [0, 0.1) is 19.7 Å². The molecule has 0 saturated carbocycles. The second-order valence-electron chi connectivity index (χ2n) is 5.63. The number of halogens is 1. The minimum absolute atomic E-state index is 0.131. The third-order valence-corrected chi connectivity index (χ3v) is 3.96. The lowest BCUT2D eigenvalue weighted by Gasteiger charge is -2.10. The summed E-state index contributed by atoms with van der Waals surface area (Å²) < 4.78 is 15.1. The van der Waals surface area contributed by atoms with Gasteiger partial charge in [-0.2, -0.15) is 0 Å². The number of benzene rings is 1. The minimum atomic E-state index is -0.281. The SMILES string of the molecule is Cc1cc(C(=O)NCc2ccncc2)c(C)n1-c1ccc(F)cc1. The van der Waals surface area contributed by atoms with Crippen LogP contribution in [0.15, 0.2) is 54.9 Å². The van der Waals surface area contributed by atoms with Gasteiger partial charge in [-0.25, -0.2) is 4.39 Å². The molecule has 122 valence electrons. The number of aromatic nitrogens is 2. The zero-order valence-corrected chi connectivity index (χ0v) is 13.6. The lowest BCUT2D eigenvalue weighted by molar-refractivity contribution is 0.0950. The van der Waals surface area contributed by atoms with Crippen LogP contribution >= 0.6 is 0 Å². The molecule has 0 atom stereocenters. The lowest BCUT2D eigenvalue weighted by atomic mass is 10.2. The van der Waals surface area contributed by atoms with Gasteiger partial charge in [-0.1, -0.05) is 0 Å². The molecule has 3 aromatic rings. The molecule has 0 fully saturated rings. The fourth-order valence-corrected chi connectivity index (χ4v) is 2.76. The smallest absolute Gasteiger partial charge is 0.253 e. The largest absolute Gasteiger partial charge is 0.348 e. The normalized spacial score (nSPS) is 10.6. The van der Waals surface area contributed by atoms with Crippen molar-refractivity contribution < 1.29 is 9.18 Å². The molecule has 1 aromatic carbocycles. The number of amides is 1. The van der Waals surface area contributed by atoms with E-state index in [0.29, 0.717) is 12.1 Å². The second kappa shape index (κ2) is 6.66. The van der Waals surface area contributed by atoms with Crippen LogP contribution in [0.5, 0.6) is 0 Å². The quantitative estimate of drug-likeness (QED) is 0.798. The van der Waals surface area contributed by atoms with E-state index in [1.807, 2.05) is 36.6 Å². The second-order valence-corrected chi connectivity index (χ2v) is 5.63. The Balaban J connectivity index is 1.83. The summed E-state index contributed by atoms with van der Waals surface area (Å²) in [6, 6.07) is 11.8. The van der Waals surface area contributed by atoms with E-state index in [0.717, 1.165) is 22.6 Å². The number of carbonyl (C=O) groups is 1. The Morgan fingerprint density at radius 3 is 2.46 bits per heavy atom. The van der Waals surface area contributed by atoms with Crippen LogP contribution in [-0.4, -0.2) is 15.5 Å². The topological polar surface area (TPSA) is 46.9 Å². The van der Waals surface area contributed by atoms with E-state index in [1.165, 1.54) is 12.1 Å². The molecule has 1 N–H and O–H groups in total. The Morgan fingerprint density at radius 1 is 1.12 bits per heavy atom. The molecule has 0 spiro atoms. The first-order valence-electron chi connectivity index (χ1n) is 7.68. The van der Waals surface area contributed by atoms with Crippen molar-refractivity contribution in [2.24, 2.45) is 0 Å². The predicted molar refractivity (Wildman–Crippen MR) is 90.6 cm³/mol. The molecular formula is C19H18FN3O. The fraction of sp³-hybridized carbons (Fsp3) is 0.158. The zero-order chi connectivity index (χ0) is 17.1. The summed E-state index contributed by atoms with van der Waals surface area (Å²) in [5, 5.41) is 2.92. The highest BCUT2D eigenvalue weighted by atomic mass is 19.1.